The quantitative estimate of drug-likeness (QED) is 0.330. The number of ether oxygens (including phenoxy) is 2. The second kappa shape index (κ2) is 12.0. The number of fused-ring (bicyclic) bond motifs is 2. The number of benzene rings is 2. The zero-order valence-corrected chi connectivity index (χ0v) is 22.6. The summed E-state index contributed by atoms with van der Waals surface area (Å²) in [6.07, 6.45) is -0.367. The van der Waals surface area contributed by atoms with E-state index in [1.54, 1.807) is 7.05 Å². The summed E-state index contributed by atoms with van der Waals surface area (Å²) in [5.74, 6) is -5.72. The monoisotopic (exact) mass is 578 g/mol. The third-order valence-corrected chi connectivity index (χ3v) is 8.66. The number of carboxylic acid groups (broad SMARTS) is 1. The van der Waals surface area contributed by atoms with Crippen LogP contribution < -0.4 is 10.6 Å². The van der Waals surface area contributed by atoms with E-state index in [9.17, 15) is 32.3 Å². The van der Waals surface area contributed by atoms with Crippen LogP contribution in [0.15, 0.2) is 42.5 Å². The molecule has 2 aliphatic heterocycles. The maximum Gasteiger partial charge on any atom is 0.416 e. The summed E-state index contributed by atoms with van der Waals surface area (Å²) >= 11 is 0. The van der Waals surface area contributed by atoms with Crippen LogP contribution in [0.25, 0.3) is 0 Å². The number of carbonyl (C=O) groups excluding carboxylic acids is 1. The lowest BCUT2D eigenvalue weighted by atomic mass is 9.67. The minimum absolute atomic E-state index is 0.0895. The van der Waals surface area contributed by atoms with Crippen LogP contribution in [0.5, 0.6) is 0 Å². The first-order valence-electron chi connectivity index (χ1n) is 14.0. The number of hydrogen-bond acceptors (Lipinski definition) is 5. The molecule has 7 nitrogen and oxygen atoms in total. The van der Waals surface area contributed by atoms with Crippen molar-refractivity contribution < 1.29 is 41.7 Å². The van der Waals surface area contributed by atoms with Gasteiger partial charge in [-0.2, -0.15) is 13.2 Å². The van der Waals surface area contributed by atoms with Gasteiger partial charge >= 0.3 is 12.1 Å². The Morgan fingerprint density at radius 2 is 1.71 bits per heavy atom. The normalized spacial score (nSPS) is 29.6. The van der Waals surface area contributed by atoms with Crippen LogP contribution >= 0.6 is 0 Å². The Balaban J connectivity index is 1.38. The van der Waals surface area contributed by atoms with Crippen molar-refractivity contribution >= 4 is 23.3 Å². The zero-order valence-electron chi connectivity index (χ0n) is 22.6. The summed E-state index contributed by atoms with van der Waals surface area (Å²) in [5.41, 5.74) is -0.0604. The molecule has 2 aromatic carbocycles. The molecule has 2 bridgehead atoms. The summed E-state index contributed by atoms with van der Waals surface area (Å²) in [7, 11) is 1.77. The van der Waals surface area contributed by atoms with Crippen molar-refractivity contribution in [3.05, 3.63) is 59.4 Å². The Morgan fingerprint density at radius 3 is 2.29 bits per heavy atom. The highest BCUT2D eigenvalue weighted by molar-refractivity contribution is 5.95. The molecule has 0 spiro atoms. The summed E-state index contributed by atoms with van der Waals surface area (Å²) in [6, 6.07) is 9.10. The van der Waals surface area contributed by atoms with Gasteiger partial charge in [0.05, 0.1) is 41.4 Å². The van der Waals surface area contributed by atoms with Gasteiger partial charge in [0.2, 0.25) is 5.91 Å². The van der Waals surface area contributed by atoms with Gasteiger partial charge in [-0.1, -0.05) is 12.1 Å². The van der Waals surface area contributed by atoms with Crippen LogP contribution in [0, 0.1) is 23.6 Å². The summed E-state index contributed by atoms with van der Waals surface area (Å²) in [6.45, 7) is 0.464. The maximum absolute atomic E-state index is 14.6. The smallest absolute Gasteiger partial charge is 0.416 e. The molecule has 3 fully saturated rings. The number of nitrogens with one attached hydrogen (secondary N) is 2. The third kappa shape index (κ3) is 6.67. The highest BCUT2D eigenvalue weighted by atomic mass is 19.4. The fourth-order valence-corrected chi connectivity index (χ4v) is 6.62. The molecule has 3 N–H and O–H groups in total. The Labute approximate surface area is 235 Å². The lowest BCUT2D eigenvalue weighted by Crippen LogP contribution is -2.45. The number of halogens is 4. The van der Waals surface area contributed by atoms with Gasteiger partial charge in [0.25, 0.3) is 0 Å². The molecule has 11 heteroatoms. The Bertz CT molecular complexity index is 1240. The lowest BCUT2D eigenvalue weighted by Gasteiger charge is -2.40. The highest BCUT2D eigenvalue weighted by Crippen LogP contribution is 2.44. The minimum Gasteiger partial charge on any atom is -0.481 e. The van der Waals surface area contributed by atoms with Gasteiger partial charge in [0, 0.05) is 25.3 Å². The van der Waals surface area contributed by atoms with Crippen molar-refractivity contribution in [2.45, 2.75) is 68.9 Å². The van der Waals surface area contributed by atoms with Crippen LogP contribution in [0.1, 0.15) is 55.6 Å². The van der Waals surface area contributed by atoms with E-state index in [2.05, 4.69) is 10.6 Å². The van der Waals surface area contributed by atoms with Crippen LogP contribution in [0.4, 0.5) is 28.9 Å². The Morgan fingerprint density at radius 1 is 1.02 bits per heavy atom. The molecule has 2 saturated heterocycles. The topological polar surface area (TPSA) is 96.9 Å². The number of amides is 1. The largest absolute Gasteiger partial charge is 0.481 e. The highest BCUT2D eigenvalue weighted by Gasteiger charge is 2.47. The first kappa shape index (κ1) is 29.3. The molecule has 2 aromatic rings. The van der Waals surface area contributed by atoms with E-state index < -0.39 is 59.0 Å². The molecule has 1 amide bonds. The van der Waals surface area contributed by atoms with E-state index in [0.717, 1.165) is 43.0 Å². The van der Waals surface area contributed by atoms with E-state index >= 15 is 0 Å². The van der Waals surface area contributed by atoms with Crippen LogP contribution in [-0.4, -0.2) is 48.9 Å². The number of carbonyl (C=O) groups is 2. The minimum atomic E-state index is -4.74. The van der Waals surface area contributed by atoms with Crippen LogP contribution in [-0.2, 0) is 25.2 Å². The molecule has 0 aromatic heterocycles. The zero-order chi connectivity index (χ0) is 29.3. The third-order valence-electron chi connectivity index (χ3n) is 8.66. The van der Waals surface area contributed by atoms with Crippen molar-refractivity contribution in [1.82, 2.24) is 0 Å². The lowest BCUT2D eigenvalue weighted by molar-refractivity contribution is -0.152. The molecular formula is C30H34F4N2O5. The van der Waals surface area contributed by atoms with Gasteiger partial charge in [-0.25, -0.2) is 4.39 Å². The van der Waals surface area contributed by atoms with Crippen molar-refractivity contribution in [1.29, 1.82) is 0 Å². The number of hydrogen-bond donors (Lipinski definition) is 3. The van der Waals surface area contributed by atoms with Crippen molar-refractivity contribution in [3.63, 3.8) is 0 Å². The van der Waals surface area contributed by atoms with E-state index in [1.165, 1.54) is 0 Å². The summed E-state index contributed by atoms with van der Waals surface area (Å²) < 4.78 is 65.8. The van der Waals surface area contributed by atoms with Gasteiger partial charge in [0.15, 0.2) is 0 Å². The van der Waals surface area contributed by atoms with Gasteiger partial charge in [0.1, 0.15) is 5.82 Å². The number of anilines is 2. The number of alkyl halides is 3. The fraction of sp³-hybridized carbons (Fsp3) is 0.533. The van der Waals surface area contributed by atoms with Gasteiger partial charge in [-0.3, -0.25) is 9.59 Å². The molecule has 3 aliphatic rings. The average molecular weight is 579 g/mol. The SMILES string of the molecule is CNc1ccc([C@H]2C[C@@H](OCC3CC4CCC(C3)O4)C[C@@H](C(=O)Nc3ccc(C(F)(F)F)cc3F)[C@@H]2C(=O)O)cc1. The van der Waals surface area contributed by atoms with Crippen LogP contribution in [0.3, 0.4) is 0 Å². The van der Waals surface area contributed by atoms with Crippen molar-refractivity contribution in [3.8, 4) is 0 Å². The molecule has 5 rings (SSSR count). The predicted octanol–water partition coefficient (Wildman–Crippen LogP) is 6.06. The molecular weight excluding hydrogens is 544 g/mol. The predicted molar refractivity (Wildman–Crippen MR) is 143 cm³/mol. The van der Waals surface area contributed by atoms with Gasteiger partial charge in [-0.15, -0.1) is 0 Å². The van der Waals surface area contributed by atoms with E-state index in [-0.39, 0.29) is 18.6 Å². The molecule has 1 saturated carbocycles. The first-order valence-corrected chi connectivity index (χ1v) is 14.0. The molecule has 41 heavy (non-hydrogen) atoms. The second-order valence-corrected chi connectivity index (χ2v) is 11.4. The maximum atomic E-state index is 14.6. The Hall–Kier alpha value is -3.18. The molecule has 222 valence electrons. The number of rotatable bonds is 8. The second-order valence-electron chi connectivity index (χ2n) is 11.4. The molecule has 0 radical (unpaired) electrons. The first-order chi connectivity index (χ1) is 19.5. The average Bonchev–Trinajstić information content (AvgIpc) is 3.29. The van der Waals surface area contributed by atoms with E-state index in [0.29, 0.717) is 31.1 Å². The van der Waals surface area contributed by atoms with Gasteiger partial charge < -0.3 is 25.2 Å². The number of aliphatic carboxylic acids is 1. The van der Waals surface area contributed by atoms with Crippen LogP contribution in [0.2, 0.25) is 0 Å². The summed E-state index contributed by atoms with van der Waals surface area (Å²) in [5, 5.41) is 15.6. The summed E-state index contributed by atoms with van der Waals surface area (Å²) in [4.78, 5) is 26.1. The van der Waals surface area contributed by atoms with Crippen molar-refractivity contribution in [2.75, 3.05) is 24.3 Å². The van der Waals surface area contributed by atoms with Gasteiger partial charge in [-0.05, 0) is 80.3 Å². The standard InChI is InChI=1S/C30H34F4N2O5/c1-35-19-5-2-17(3-6-19)23-13-22(40-15-16-10-20-7-8-21(11-16)41-20)14-24(27(23)29(38)39)28(37)36-26-9-4-18(12-25(26)31)30(32,33)34/h2-6,9,12,16,20-24,27,35H,7-8,10-11,13-15H2,1H3,(H,36,37)(H,38,39)/t16?,20?,21?,22-,23-,24-,27-/m1/s1. The van der Waals surface area contributed by atoms with E-state index in [1.807, 2.05) is 24.3 Å². The molecule has 2 unspecified atom stereocenters. The number of carboxylic acids is 1. The molecule has 2 heterocycles. The fourth-order valence-electron chi connectivity index (χ4n) is 6.62. The molecule has 6 atom stereocenters. The molecule has 1 aliphatic carbocycles. The van der Waals surface area contributed by atoms with Crippen molar-refractivity contribution in [2.24, 2.45) is 17.8 Å². The Kier molecular flexibility index (Phi) is 8.56. The van der Waals surface area contributed by atoms with E-state index in [4.69, 9.17) is 9.47 Å².